The van der Waals surface area contributed by atoms with Crippen molar-refractivity contribution in [1.29, 1.82) is 0 Å². The van der Waals surface area contributed by atoms with Gasteiger partial charge in [-0.05, 0) is 50.5 Å². The van der Waals surface area contributed by atoms with Gasteiger partial charge in [0.2, 0.25) is 0 Å². The van der Waals surface area contributed by atoms with Gasteiger partial charge in [-0.1, -0.05) is 13.0 Å². The number of aliphatic hydroxyl groups excluding tert-OH is 1. The van der Waals surface area contributed by atoms with E-state index in [4.69, 9.17) is 4.74 Å². The molecule has 2 nitrogen and oxygen atoms in total. The van der Waals surface area contributed by atoms with Crippen molar-refractivity contribution in [2.24, 2.45) is 0 Å². The highest BCUT2D eigenvalue weighted by molar-refractivity contribution is 5.27. The number of ether oxygens (including phenoxy) is 1. The van der Waals surface area contributed by atoms with Gasteiger partial charge >= 0.3 is 0 Å². The molecule has 0 aliphatic heterocycles. The van der Waals surface area contributed by atoms with Crippen molar-refractivity contribution in [3.63, 3.8) is 0 Å². The molecule has 2 unspecified atom stereocenters. The molecule has 0 radical (unpaired) electrons. The summed E-state index contributed by atoms with van der Waals surface area (Å²) < 4.78 is 18.9. The molecule has 0 heterocycles. The van der Waals surface area contributed by atoms with E-state index >= 15 is 0 Å². The van der Waals surface area contributed by atoms with E-state index in [-0.39, 0.29) is 5.82 Å². The van der Waals surface area contributed by atoms with Crippen LogP contribution in [0.25, 0.3) is 0 Å². The SMILES string of the molecule is CCOC(C)(CC)C(O)c1cc(C)cc(F)c1. The van der Waals surface area contributed by atoms with Crippen molar-refractivity contribution in [2.45, 2.75) is 45.8 Å². The largest absolute Gasteiger partial charge is 0.385 e. The molecule has 0 aliphatic rings. The lowest BCUT2D eigenvalue weighted by Gasteiger charge is -2.33. The van der Waals surface area contributed by atoms with Crippen LogP contribution in [-0.4, -0.2) is 17.3 Å². The van der Waals surface area contributed by atoms with Crippen molar-refractivity contribution in [3.05, 3.63) is 35.1 Å². The Morgan fingerprint density at radius 1 is 1.35 bits per heavy atom. The minimum absolute atomic E-state index is 0.325. The third kappa shape index (κ3) is 3.27. The Bertz CT molecular complexity index is 358. The molecular formula is C14H21FO2. The summed E-state index contributed by atoms with van der Waals surface area (Å²) in [5, 5.41) is 10.3. The van der Waals surface area contributed by atoms with Gasteiger partial charge in [-0.25, -0.2) is 4.39 Å². The van der Waals surface area contributed by atoms with Crippen molar-refractivity contribution in [1.82, 2.24) is 0 Å². The Kier molecular flexibility index (Phi) is 4.66. The minimum Gasteiger partial charge on any atom is -0.385 e. The fourth-order valence-electron chi connectivity index (χ4n) is 1.98. The van der Waals surface area contributed by atoms with E-state index in [1.807, 2.05) is 27.7 Å². The van der Waals surface area contributed by atoms with E-state index in [2.05, 4.69) is 0 Å². The van der Waals surface area contributed by atoms with Crippen LogP contribution in [0, 0.1) is 12.7 Å². The van der Waals surface area contributed by atoms with Crippen molar-refractivity contribution in [2.75, 3.05) is 6.61 Å². The monoisotopic (exact) mass is 240 g/mol. The minimum atomic E-state index is -0.818. The van der Waals surface area contributed by atoms with Crippen LogP contribution in [0.4, 0.5) is 4.39 Å². The highest BCUT2D eigenvalue weighted by Gasteiger charge is 2.33. The van der Waals surface area contributed by atoms with E-state index in [1.54, 1.807) is 6.07 Å². The maximum atomic E-state index is 13.3. The van der Waals surface area contributed by atoms with Crippen LogP contribution in [0.15, 0.2) is 18.2 Å². The molecular weight excluding hydrogens is 219 g/mol. The average Bonchev–Trinajstić information content (AvgIpc) is 2.27. The van der Waals surface area contributed by atoms with Crippen LogP contribution in [0.2, 0.25) is 0 Å². The molecule has 0 bridgehead atoms. The molecule has 0 fully saturated rings. The molecule has 96 valence electrons. The summed E-state index contributed by atoms with van der Waals surface area (Å²) in [6.45, 7) is 8.02. The predicted octanol–water partition coefficient (Wildman–Crippen LogP) is 3.37. The number of aliphatic hydroxyl groups is 1. The van der Waals surface area contributed by atoms with Gasteiger partial charge in [-0.3, -0.25) is 0 Å². The molecule has 1 aromatic rings. The maximum Gasteiger partial charge on any atom is 0.123 e. The van der Waals surface area contributed by atoms with Crippen LogP contribution in [0.1, 0.15) is 44.4 Å². The van der Waals surface area contributed by atoms with Crippen molar-refractivity contribution in [3.8, 4) is 0 Å². The highest BCUT2D eigenvalue weighted by atomic mass is 19.1. The summed E-state index contributed by atoms with van der Waals surface area (Å²) in [7, 11) is 0. The molecule has 0 saturated carbocycles. The number of rotatable bonds is 5. The van der Waals surface area contributed by atoms with E-state index in [0.29, 0.717) is 18.6 Å². The molecule has 1 N–H and O–H groups in total. The van der Waals surface area contributed by atoms with E-state index in [1.165, 1.54) is 12.1 Å². The second-order valence-electron chi connectivity index (χ2n) is 4.56. The second kappa shape index (κ2) is 5.61. The number of hydrogen-bond acceptors (Lipinski definition) is 2. The Morgan fingerprint density at radius 3 is 2.47 bits per heavy atom. The molecule has 1 aromatic carbocycles. The van der Waals surface area contributed by atoms with Crippen LogP contribution < -0.4 is 0 Å². The lowest BCUT2D eigenvalue weighted by Crippen LogP contribution is -2.35. The van der Waals surface area contributed by atoms with Gasteiger partial charge < -0.3 is 9.84 Å². The first kappa shape index (κ1) is 14.1. The van der Waals surface area contributed by atoms with E-state index in [0.717, 1.165) is 5.56 Å². The molecule has 17 heavy (non-hydrogen) atoms. The smallest absolute Gasteiger partial charge is 0.123 e. The topological polar surface area (TPSA) is 29.5 Å². The third-order valence-electron chi connectivity index (χ3n) is 3.13. The fourth-order valence-corrected chi connectivity index (χ4v) is 1.98. The average molecular weight is 240 g/mol. The molecule has 1 rings (SSSR count). The highest BCUT2D eigenvalue weighted by Crippen LogP contribution is 2.32. The zero-order valence-electron chi connectivity index (χ0n) is 11.0. The lowest BCUT2D eigenvalue weighted by molar-refractivity contribution is -0.113. The molecule has 3 heteroatoms. The Hall–Kier alpha value is -0.930. The van der Waals surface area contributed by atoms with Crippen LogP contribution in [-0.2, 0) is 4.74 Å². The maximum absolute atomic E-state index is 13.3. The van der Waals surface area contributed by atoms with Gasteiger partial charge in [0.25, 0.3) is 0 Å². The summed E-state index contributed by atoms with van der Waals surface area (Å²) in [5.41, 5.74) is 0.698. The van der Waals surface area contributed by atoms with Gasteiger partial charge in [0.05, 0.1) is 5.60 Å². The summed E-state index contributed by atoms with van der Waals surface area (Å²) >= 11 is 0. The third-order valence-corrected chi connectivity index (χ3v) is 3.13. The second-order valence-corrected chi connectivity index (χ2v) is 4.56. The normalized spacial score (nSPS) is 16.6. The number of aryl methyl sites for hydroxylation is 1. The Morgan fingerprint density at radius 2 is 2.00 bits per heavy atom. The summed E-state index contributed by atoms with van der Waals surface area (Å²) in [6.07, 6.45) is -0.153. The molecule has 2 atom stereocenters. The van der Waals surface area contributed by atoms with E-state index < -0.39 is 11.7 Å². The zero-order valence-corrected chi connectivity index (χ0v) is 11.0. The number of benzene rings is 1. The summed E-state index contributed by atoms with van der Waals surface area (Å²) in [4.78, 5) is 0. The summed E-state index contributed by atoms with van der Waals surface area (Å²) in [6, 6.07) is 4.60. The van der Waals surface area contributed by atoms with E-state index in [9.17, 15) is 9.50 Å². The summed E-state index contributed by atoms with van der Waals surface area (Å²) in [5.74, 6) is -0.325. The zero-order chi connectivity index (χ0) is 13.1. The van der Waals surface area contributed by atoms with Gasteiger partial charge in [0.1, 0.15) is 11.9 Å². The van der Waals surface area contributed by atoms with Crippen LogP contribution in [0.3, 0.4) is 0 Å². The van der Waals surface area contributed by atoms with Crippen molar-refractivity contribution < 1.29 is 14.2 Å². The van der Waals surface area contributed by atoms with Gasteiger partial charge in [-0.15, -0.1) is 0 Å². The van der Waals surface area contributed by atoms with Crippen molar-refractivity contribution >= 4 is 0 Å². The first-order chi connectivity index (χ1) is 7.92. The number of halogens is 1. The Balaban J connectivity index is 3.05. The van der Waals surface area contributed by atoms with Gasteiger partial charge in [0, 0.05) is 6.61 Å². The fraction of sp³-hybridized carbons (Fsp3) is 0.571. The van der Waals surface area contributed by atoms with Gasteiger partial charge in [0.15, 0.2) is 0 Å². The predicted molar refractivity (Wildman–Crippen MR) is 66.4 cm³/mol. The molecule has 0 amide bonds. The first-order valence-electron chi connectivity index (χ1n) is 6.02. The molecule has 0 aliphatic carbocycles. The van der Waals surface area contributed by atoms with Crippen LogP contribution >= 0.6 is 0 Å². The van der Waals surface area contributed by atoms with Gasteiger partial charge in [-0.2, -0.15) is 0 Å². The first-order valence-corrected chi connectivity index (χ1v) is 6.02. The van der Waals surface area contributed by atoms with Crippen LogP contribution in [0.5, 0.6) is 0 Å². The Labute approximate surface area is 102 Å². The lowest BCUT2D eigenvalue weighted by atomic mass is 9.89. The molecule has 0 saturated heterocycles. The molecule has 0 aromatic heterocycles. The standard InChI is InChI=1S/C14H21FO2/c1-5-14(4,17-6-2)13(16)11-7-10(3)8-12(15)9-11/h7-9,13,16H,5-6H2,1-4H3. The quantitative estimate of drug-likeness (QED) is 0.855. The molecule has 0 spiro atoms. The number of hydrogen-bond donors (Lipinski definition) is 1.